The van der Waals surface area contributed by atoms with Crippen LogP contribution in [0.4, 0.5) is 0 Å². The topological polar surface area (TPSA) is 63.0 Å². The van der Waals surface area contributed by atoms with Crippen molar-refractivity contribution in [2.75, 3.05) is 0 Å². The van der Waals surface area contributed by atoms with Gasteiger partial charge in [0.15, 0.2) is 0 Å². The van der Waals surface area contributed by atoms with E-state index in [1.165, 1.54) is 6.21 Å². The summed E-state index contributed by atoms with van der Waals surface area (Å²) in [6.45, 7) is 0. The van der Waals surface area contributed by atoms with Crippen LogP contribution in [0.25, 0.3) is 0 Å². The monoisotopic (exact) mass is 300 g/mol. The summed E-state index contributed by atoms with van der Waals surface area (Å²) < 4.78 is 1.13. The SMILES string of the molecule is O=c1cn[nH]c(=S)n1N=Cc1ccc(Cl)c(Cl)c1. The number of aromatic nitrogens is 3. The van der Waals surface area contributed by atoms with Crippen LogP contribution in [0.15, 0.2) is 34.3 Å². The minimum absolute atomic E-state index is 0.110. The van der Waals surface area contributed by atoms with Gasteiger partial charge in [-0.1, -0.05) is 29.3 Å². The normalized spacial score (nSPS) is 11.0. The Labute approximate surface area is 117 Å². The van der Waals surface area contributed by atoms with Gasteiger partial charge < -0.3 is 0 Å². The first kappa shape index (κ1) is 12.9. The van der Waals surface area contributed by atoms with Crippen LogP contribution < -0.4 is 5.56 Å². The third-order valence-corrected chi connectivity index (χ3v) is 3.01. The first-order valence-corrected chi connectivity index (χ1v) is 5.90. The predicted molar refractivity (Wildman–Crippen MR) is 73.1 cm³/mol. The largest absolute Gasteiger partial charge is 0.293 e. The van der Waals surface area contributed by atoms with Crippen molar-refractivity contribution in [1.82, 2.24) is 14.9 Å². The quantitative estimate of drug-likeness (QED) is 0.684. The molecule has 0 fully saturated rings. The summed E-state index contributed by atoms with van der Waals surface area (Å²) in [6.07, 6.45) is 2.54. The van der Waals surface area contributed by atoms with Crippen LogP contribution in [0.2, 0.25) is 10.0 Å². The summed E-state index contributed by atoms with van der Waals surface area (Å²) in [6, 6.07) is 4.99. The number of rotatable bonds is 2. The molecule has 5 nitrogen and oxygen atoms in total. The lowest BCUT2D eigenvalue weighted by atomic mass is 10.2. The van der Waals surface area contributed by atoms with E-state index in [0.29, 0.717) is 15.6 Å². The smallest absolute Gasteiger partial charge is 0.265 e. The molecule has 1 aromatic heterocycles. The number of nitrogens with one attached hydrogen (secondary N) is 1. The Kier molecular flexibility index (Phi) is 3.90. The van der Waals surface area contributed by atoms with Crippen molar-refractivity contribution in [3.63, 3.8) is 0 Å². The van der Waals surface area contributed by atoms with Gasteiger partial charge in [-0.05, 0) is 29.9 Å². The van der Waals surface area contributed by atoms with Gasteiger partial charge in [-0.25, -0.2) is 0 Å². The van der Waals surface area contributed by atoms with Crippen molar-refractivity contribution in [2.45, 2.75) is 0 Å². The van der Waals surface area contributed by atoms with Gasteiger partial charge in [-0.2, -0.15) is 14.9 Å². The molecule has 0 spiro atoms. The molecule has 0 bridgehead atoms. The summed E-state index contributed by atoms with van der Waals surface area (Å²) in [7, 11) is 0. The first-order valence-electron chi connectivity index (χ1n) is 4.74. The molecule has 1 heterocycles. The molecule has 0 radical (unpaired) electrons. The van der Waals surface area contributed by atoms with Crippen LogP contribution >= 0.6 is 35.4 Å². The van der Waals surface area contributed by atoms with Gasteiger partial charge in [0.25, 0.3) is 5.56 Å². The highest BCUT2D eigenvalue weighted by Crippen LogP contribution is 2.21. The van der Waals surface area contributed by atoms with E-state index in [2.05, 4.69) is 15.3 Å². The molecule has 0 aliphatic rings. The van der Waals surface area contributed by atoms with Crippen molar-refractivity contribution >= 4 is 41.6 Å². The highest BCUT2D eigenvalue weighted by atomic mass is 35.5. The molecule has 2 rings (SSSR count). The zero-order chi connectivity index (χ0) is 13.1. The van der Waals surface area contributed by atoms with E-state index < -0.39 is 5.56 Å². The van der Waals surface area contributed by atoms with Crippen LogP contribution in [0.5, 0.6) is 0 Å². The van der Waals surface area contributed by atoms with Crippen LogP contribution in [-0.2, 0) is 0 Å². The number of H-pyrrole nitrogens is 1. The van der Waals surface area contributed by atoms with E-state index in [0.717, 1.165) is 10.9 Å². The fourth-order valence-corrected chi connectivity index (χ4v) is 1.67. The summed E-state index contributed by atoms with van der Waals surface area (Å²) in [5.41, 5.74) is 0.276. The molecule has 0 saturated heterocycles. The zero-order valence-electron chi connectivity index (χ0n) is 8.80. The summed E-state index contributed by atoms with van der Waals surface area (Å²) in [4.78, 5) is 11.4. The second-order valence-corrected chi connectivity index (χ2v) is 4.44. The average molecular weight is 301 g/mol. The molecule has 0 aliphatic carbocycles. The van der Waals surface area contributed by atoms with Crippen LogP contribution in [-0.4, -0.2) is 21.1 Å². The van der Waals surface area contributed by atoms with E-state index in [4.69, 9.17) is 35.4 Å². The average Bonchev–Trinajstić information content (AvgIpc) is 2.33. The van der Waals surface area contributed by atoms with E-state index in [1.807, 2.05) is 0 Å². The summed E-state index contributed by atoms with van der Waals surface area (Å²) in [5, 5.41) is 10.8. The molecule has 0 unspecified atom stereocenters. The van der Waals surface area contributed by atoms with E-state index >= 15 is 0 Å². The second kappa shape index (κ2) is 5.43. The Morgan fingerprint density at radius 3 is 2.83 bits per heavy atom. The standard InChI is InChI=1S/C10H6Cl2N4OS/c11-7-2-1-6(3-8(7)12)4-14-16-9(17)5-13-15-10(16)18/h1-5H,(H,15,18). The summed E-state index contributed by atoms with van der Waals surface area (Å²) >= 11 is 16.5. The fourth-order valence-electron chi connectivity index (χ4n) is 1.17. The van der Waals surface area contributed by atoms with Gasteiger partial charge >= 0.3 is 0 Å². The van der Waals surface area contributed by atoms with Crippen LogP contribution in [0, 0.1) is 4.77 Å². The van der Waals surface area contributed by atoms with E-state index in [-0.39, 0.29) is 4.77 Å². The Hall–Kier alpha value is -1.50. The number of aromatic amines is 1. The van der Waals surface area contributed by atoms with Gasteiger partial charge in [0.1, 0.15) is 6.20 Å². The molecule has 92 valence electrons. The minimum Gasteiger partial charge on any atom is -0.265 e. The molecule has 0 atom stereocenters. The molecular weight excluding hydrogens is 295 g/mol. The molecule has 2 aromatic rings. The Morgan fingerprint density at radius 1 is 1.39 bits per heavy atom. The van der Waals surface area contributed by atoms with Gasteiger partial charge in [0.2, 0.25) is 4.77 Å². The summed E-state index contributed by atoms with van der Waals surface area (Å²) in [5.74, 6) is 0. The lowest BCUT2D eigenvalue weighted by Crippen LogP contribution is -2.18. The number of benzene rings is 1. The lowest BCUT2D eigenvalue weighted by Gasteiger charge is -1.98. The second-order valence-electron chi connectivity index (χ2n) is 3.24. The third-order valence-electron chi connectivity index (χ3n) is 2.00. The molecule has 0 saturated carbocycles. The van der Waals surface area contributed by atoms with Gasteiger partial charge in [0, 0.05) is 0 Å². The maximum absolute atomic E-state index is 11.4. The Bertz CT molecular complexity index is 694. The van der Waals surface area contributed by atoms with Gasteiger partial charge in [0.05, 0.1) is 16.3 Å². The van der Waals surface area contributed by atoms with Gasteiger partial charge in [-0.3, -0.25) is 9.89 Å². The van der Waals surface area contributed by atoms with Crippen molar-refractivity contribution in [2.24, 2.45) is 5.10 Å². The highest BCUT2D eigenvalue weighted by Gasteiger charge is 1.98. The maximum atomic E-state index is 11.4. The van der Waals surface area contributed by atoms with Crippen molar-refractivity contribution in [1.29, 1.82) is 0 Å². The number of hydrogen-bond acceptors (Lipinski definition) is 4. The highest BCUT2D eigenvalue weighted by molar-refractivity contribution is 7.71. The Balaban J connectivity index is 2.39. The fraction of sp³-hybridized carbons (Fsp3) is 0. The maximum Gasteiger partial charge on any atom is 0.293 e. The molecule has 8 heteroatoms. The number of hydrogen-bond donors (Lipinski definition) is 1. The molecule has 18 heavy (non-hydrogen) atoms. The Morgan fingerprint density at radius 2 is 2.17 bits per heavy atom. The van der Waals surface area contributed by atoms with E-state index in [1.54, 1.807) is 18.2 Å². The number of halogens is 2. The first-order chi connectivity index (χ1) is 8.58. The molecule has 1 N–H and O–H groups in total. The number of nitrogens with zero attached hydrogens (tertiary/aromatic N) is 3. The van der Waals surface area contributed by atoms with Crippen molar-refractivity contribution in [3.05, 3.63) is 55.1 Å². The van der Waals surface area contributed by atoms with Crippen molar-refractivity contribution in [3.8, 4) is 0 Å². The predicted octanol–water partition coefficient (Wildman–Crippen LogP) is 2.49. The third kappa shape index (κ3) is 2.84. The lowest BCUT2D eigenvalue weighted by molar-refractivity contribution is 0.738. The van der Waals surface area contributed by atoms with Crippen LogP contribution in [0.3, 0.4) is 0 Å². The molecule has 0 amide bonds. The zero-order valence-corrected chi connectivity index (χ0v) is 11.1. The van der Waals surface area contributed by atoms with Crippen LogP contribution in [0.1, 0.15) is 5.56 Å². The molecule has 1 aromatic carbocycles. The van der Waals surface area contributed by atoms with E-state index in [9.17, 15) is 4.79 Å². The molecular formula is C10H6Cl2N4OS. The molecule has 0 aliphatic heterocycles. The minimum atomic E-state index is -0.421. The van der Waals surface area contributed by atoms with Crippen molar-refractivity contribution < 1.29 is 0 Å². The van der Waals surface area contributed by atoms with Gasteiger partial charge in [-0.15, -0.1) is 0 Å².